The Balaban J connectivity index is 2.42. The van der Waals surface area contributed by atoms with Crippen molar-refractivity contribution in [2.45, 2.75) is 12.5 Å². The number of rotatable bonds is 0. The van der Waals surface area contributed by atoms with Gasteiger partial charge in [0.25, 0.3) is 5.91 Å². The molecular formula is C9H8BrNO2. The highest BCUT2D eigenvalue weighted by atomic mass is 79.9. The molecule has 13 heavy (non-hydrogen) atoms. The number of nitrogens with one attached hydrogen (secondary N) is 1. The van der Waals surface area contributed by atoms with Crippen molar-refractivity contribution in [1.29, 1.82) is 0 Å². The van der Waals surface area contributed by atoms with E-state index in [0.717, 1.165) is 15.7 Å². The third-order valence-electron chi connectivity index (χ3n) is 2.04. The Morgan fingerprint density at radius 2 is 2.31 bits per heavy atom. The summed E-state index contributed by atoms with van der Waals surface area (Å²) in [6, 6.07) is 5.58. The molecule has 2 rings (SSSR count). The van der Waals surface area contributed by atoms with Crippen LogP contribution in [-0.2, 0) is 11.2 Å². The molecule has 0 bridgehead atoms. The van der Waals surface area contributed by atoms with Gasteiger partial charge in [-0.25, -0.2) is 0 Å². The Kier molecular flexibility index (Phi) is 2.09. The molecule has 0 spiro atoms. The Morgan fingerprint density at radius 3 is 3.08 bits per heavy atom. The van der Waals surface area contributed by atoms with Crippen molar-refractivity contribution < 1.29 is 9.90 Å². The van der Waals surface area contributed by atoms with E-state index in [-0.39, 0.29) is 5.91 Å². The van der Waals surface area contributed by atoms with Gasteiger partial charge in [0.05, 0.1) is 0 Å². The van der Waals surface area contributed by atoms with E-state index in [1.165, 1.54) is 0 Å². The summed E-state index contributed by atoms with van der Waals surface area (Å²) < 4.78 is 0.953. The number of amides is 1. The summed E-state index contributed by atoms with van der Waals surface area (Å²) >= 11 is 3.33. The van der Waals surface area contributed by atoms with Crippen LogP contribution >= 0.6 is 15.9 Å². The number of carbonyl (C=O) groups is 1. The van der Waals surface area contributed by atoms with E-state index < -0.39 is 6.10 Å². The van der Waals surface area contributed by atoms with Crippen LogP contribution in [0.2, 0.25) is 0 Å². The molecular weight excluding hydrogens is 234 g/mol. The number of halogens is 1. The van der Waals surface area contributed by atoms with Crippen LogP contribution in [0, 0.1) is 0 Å². The van der Waals surface area contributed by atoms with Gasteiger partial charge in [-0.05, 0) is 23.8 Å². The topological polar surface area (TPSA) is 49.3 Å². The zero-order chi connectivity index (χ0) is 9.42. The SMILES string of the molecule is O=C1Nc2ccc(Br)cc2C[C@H]1O. The highest BCUT2D eigenvalue weighted by molar-refractivity contribution is 9.10. The van der Waals surface area contributed by atoms with Crippen molar-refractivity contribution in [2.24, 2.45) is 0 Å². The number of benzene rings is 1. The first-order valence-electron chi connectivity index (χ1n) is 3.94. The van der Waals surface area contributed by atoms with E-state index in [0.29, 0.717) is 6.42 Å². The monoisotopic (exact) mass is 241 g/mol. The zero-order valence-corrected chi connectivity index (χ0v) is 8.34. The van der Waals surface area contributed by atoms with Gasteiger partial charge < -0.3 is 10.4 Å². The standard InChI is InChI=1S/C9H8BrNO2/c10-6-1-2-7-5(3-6)4-8(12)9(13)11-7/h1-3,8,12H,4H2,(H,11,13)/t8-/m1/s1. The second kappa shape index (κ2) is 3.12. The maximum Gasteiger partial charge on any atom is 0.253 e. The van der Waals surface area contributed by atoms with Crippen molar-refractivity contribution in [2.75, 3.05) is 5.32 Å². The van der Waals surface area contributed by atoms with Crippen LogP contribution < -0.4 is 5.32 Å². The van der Waals surface area contributed by atoms with Gasteiger partial charge in [0.2, 0.25) is 0 Å². The summed E-state index contributed by atoms with van der Waals surface area (Å²) in [7, 11) is 0. The van der Waals surface area contributed by atoms with Gasteiger partial charge in [-0.1, -0.05) is 15.9 Å². The van der Waals surface area contributed by atoms with E-state index in [1.807, 2.05) is 18.2 Å². The quantitative estimate of drug-likeness (QED) is 0.720. The van der Waals surface area contributed by atoms with Gasteiger partial charge in [0, 0.05) is 16.6 Å². The first-order valence-corrected chi connectivity index (χ1v) is 4.73. The Morgan fingerprint density at radius 1 is 1.54 bits per heavy atom. The van der Waals surface area contributed by atoms with Gasteiger partial charge in [-0.15, -0.1) is 0 Å². The van der Waals surface area contributed by atoms with E-state index >= 15 is 0 Å². The molecule has 0 saturated heterocycles. The lowest BCUT2D eigenvalue weighted by Gasteiger charge is -2.20. The molecule has 1 aromatic rings. The van der Waals surface area contributed by atoms with E-state index in [4.69, 9.17) is 0 Å². The molecule has 0 aromatic heterocycles. The summed E-state index contributed by atoms with van der Waals surface area (Å²) in [4.78, 5) is 11.1. The molecule has 1 heterocycles. The van der Waals surface area contributed by atoms with Crippen molar-refractivity contribution >= 4 is 27.5 Å². The van der Waals surface area contributed by atoms with Gasteiger partial charge in [0.15, 0.2) is 0 Å². The van der Waals surface area contributed by atoms with Crippen LogP contribution in [0.15, 0.2) is 22.7 Å². The fraction of sp³-hybridized carbons (Fsp3) is 0.222. The maximum atomic E-state index is 11.1. The molecule has 0 unspecified atom stereocenters. The summed E-state index contributed by atoms with van der Waals surface area (Å²) in [5.41, 5.74) is 1.75. The number of hydrogen-bond donors (Lipinski definition) is 2. The molecule has 1 atom stereocenters. The fourth-order valence-electron chi connectivity index (χ4n) is 1.37. The molecule has 68 valence electrons. The molecule has 2 N–H and O–H groups in total. The van der Waals surface area contributed by atoms with E-state index in [9.17, 15) is 9.90 Å². The Labute approximate surface area is 83.9 Å². The van der Waals surface area contributed by atoms with E-state index in [2.05, 4.69) is 21.2 Å². The normalized spacial score (nSPS) is 20.8. The molecule has 1 aromatic carbocycles. The highest BCUT2D eigenvalue weighted by Gasteiger charge is 2.23. The molecule has 1 aliphatic heterocycles. The number of fused-ring (bicyclic) bond motifs is 1. The second-order valence-corrected chi connectivity index (χ2v) is 3.93. The minimum atomic E-state index is -0.915. The van der Waals surface area contributed by atoms with Crippen LogP contribution in [-0.4, -0.2) is 17.1 Å². The van der Waals surface area contributed by atoms with Crippen LogP contribution in [0.5, 0.6) is 0 Å². The molecule has 3 nitrogen and oxygen atoms in total. The Hall–Kier alpha value is -0.870. The lowest BCUT2D eigenvalue weighted by atomic mass is 10.0. The predicted molar refractivity (Wildman–Crippen MR) is 52.5 cm³/mol. The van der Waals surface area contributed by atoms with Crippen LogP contribution in [0.25, 0.3) is 0 Å². The third kappa shape index (κ3) is 1.59. The lowest BCUT2D eigenvalue weighted by molar-refractivity contribution is -0.124. The summed E-state index contributed by atoms with van der Waals surface area (Å²) in [6.07, 6.45) is -0.526. The van der Waals surface area contributed by atoms with Crippen LogP contribution in [0.1, 0.15) is 5.56 Å². The zero-order valence-electron chi connectivity index (χ0n) is 6.75. The van der Waals surface area contributed by atoms with Crippen molar-refractivity contribution in [3.8, 4) is 0 Å². The molecule has 0 radical (unpaired) electrons. The van der Waals surface area contributed by atoms with Gasteiger partial charge in [-0.2, -0.15) is 0 Å². The number of aliphatic hydroxyl groups excluding tert-OH is 1. The number of carbonyl (C=O) groups excluding carboxylic acids is 1. The lowest BCUT2D eigenvalue weighted by Crippen LogP contribution is -2.34. The van der Waals surface area contributed by atoms with Gasteiger partial charge in [0.1, 0.15) is 6.10 Å². The smallest absolute Gasteiger partial charge is 0.253 e. The maximum absolute atomic E-state index is 11.1. The highest BCUT2D eigenvalue weighted by Crippen LogP contribution is 2.25. The van der Waals surface area contributed by atoms with Gasteiger partial charge >= 0.3 is 0 Å². The van der Waals surface area contributed by atoms with Gasteiger partial charge in [-0.3, -0.25) is 4.79 Å². The van der Waals surface area contributed by atoms with Crippen LogP contribution in [0.3, 0.4) is 0 Å². The predicted octanol–water partition coefficient (Wildman–Crippen LogP) is 1.30. The van der Waals surface area contributed by atoms with Crippen LogP contribution in [0.4, 0.5) is 5.69 Å². The number of hydrogen-bond acceptors (Lipinski definition) is 2. The molecule has 4 heteroatoms. The fourth-order valence-corrected chi connectivity index (χ4v) is 1.78. The first kappa shape index (κ1) is 8.72. The summed E-state index contributed by atoms with van der Waals surface area (Å²) in [5.74, 6) is -0.324. The summed E-state index contributed by atoms with van der Waals surface area (Å²) in [5, 5.41) is 11.9. The Bertz CT molecular complexity index is 365. The molecule has 0 aliphatic carbocycles. The average Bonchev–Trinajstić information content (AvgIpc) is 2.08. The minimum absolute atomic E-state index is 0.324. The van der Waals surface area contributed by atoms with Crippen molar-refractivity contribution in [3.63, 3.8) is 0 Å². The summed E-state index contributed by atoms with van der Waals surface area (Å²) in [6.45, 7) is 0. The average molecular weight is 242 g/mol. The number of anilines is 1. The van der Waals surface area contributed by atoms with Crippen molar-refractivity contribution in [1.82, 2.24) is 0 Å². The van der Waals surface area contributed by atoms with E-state index in [1.54, 1.807) is 0 Å². The second-order valence-electron chi connectivity index (χ2n) is 3.01. The molecule has 0 saturated carbocycles. The third-order valence-corrected chi connectivity index (χ3v) is 2.53. The molecule has 1 amide bonds. The molecule has 0 fully saturated rings. The largest absolute Gasteiger partial charge is 0.383 e. The minimum Gasteiger partial charge on any atom is -0.383 e. The van der Waals surface area contributed by atoms with Crippen molar-refractivity contribution in [3.05, 3.63) is 28.2 Å². The number of aliphatic hydroxyl groups is 1. The molecule has 1 aliphatic rings. The first-order chi connectivity index (χ1) is 6.16.